The first kappa shape index (κ1) is 17.7. The topological polar surface area (TPSA) is 26.0 Å². The van der Waals surface area contributed by atoms with Gasteiger partial charge in [-0.1, -0.05) is 50.6 Å². The summed E-state index contributed by atoms with van der Waals surface area (Å²) in [5, 5.41) is 0. The van der Waals surface area contributed by atoms with Gasteiger partial charge in [-0.25, -0.2) is 0 Å². The monoisotopic (exact) mass is 309 g/mol. The van der Waals surface area contributed by atoms with E-state index in [1.165, 1.54) is 38.9 Å². The second-order valence-corrected chi connectivity index (χ2v) is 6.69. The van der Waals surface area contributed by atoms with Crippen LogP contribution in [0.5, 0.6) is 0 Å². The van der Waals surface area contributed by atoms with Gasteiger partial charge in [0.1, 0.15) is 0 Å². The van der Waals surface area contributed by atoms with Crippen molar-refractivity contribution in [2.24, 2.45) is 5.73 Å². The number of rotatable bonds is 6. The minimum atomic E-state index is 0.0737. The Morgan fingerprint density at radius 2 is 1.65 bits per heavy atom. The van der Waals surface area contributed by atoms with Crippen LogP contribution in [0.3, 0.4) is 0 Å². The van der Waals surface area contributed by atoms with Crippen LogP contribution in [-0.4, -0.2) is 0 Å². The summed E-state index contributed by atoms with van der Waals surface area (Å²) in [7, 11) is 0. The molecule has 0 fully saturated rings. The van der Waals surface area contributed by atoms with Crippen molar-refractivity contribution in [2.45, 2.75) is 66.3 Å². The number of hydrogen-bond donors (Lipinski definition) is 1. The highest BCUT2D eigenvalue weighted by molar-refractivity contribution is 5.45. The second-order valence-electron chi connectivity index (χ2n) is 6.69. The lowest BCUT2D eigenvalue weighted by Gasteiger charge is -2.21. The van der Waals surface area contributed by atoms with Crippen molar-refractivity contribution in [1.82, 2.24) is 0 Å². The Balaban J connectivity index is 2.36. The summed E-state index contributed by atoms with van der Waals surface area (Å²) < 4.78 is 0. The van der Waals surface area contributed by atoms with Crippen molar-refractivity contribution in [3.05, 3.63) is 69.3 Å². The Bertz CT molecular complexity index is 670. The van der Waals surface area contributed by atoms with Gasteiger partial charge in [0.25, 0.3) is 0 Å². The van der Waals surface area contributed by atoms with Gasteiger partial charge in [-0.2, -0.15) is 0 Å². The van der Waals surface area contributed by atoms with Gasteiger partial charge < -0.3 is 5.73 Å². The van der Waals surface area contributed by atoms with E-state index in [2.05, 4.69) is 65.0 Å². The first-order chi connectivity index (χ1) is 11.0. The molecule has 2 rings (SSSR count). The Morgan fingerprint density at radius 3 is 2.30 bits per heavy atom. The SMILES string of the molecule is CCCc1ccccc1C(N)Cc1cc(C)c(C)c(C)c1CC. The van der Waals surface area contributed by atoms with Crippen LogP contribution >= 0.6 is 0 Å². The highest BCUT2D eigenvalue weighted by Gasteiger charge is 2.15. The highest BCUT2D eigenvalue weighted by Crippen LogP contribution is 2.27. The van der Waals surface area contributed by atoms with Gasteiger partial charge in [-0.05, 0) is 79.0 Å². The molecule has 1 nitrogen and oxygen atoms in total. The third kappa shape index (κ3) is 3.84. The molecule has 2 aromatic carbocycles. The van der Waals surface area contributed by atoms with Crippen molar-refractivity contribution < 1.29 is 0 Å². The normalized spacial score (nSPS) is 12.4. The Labute approximate surface area is 141 Å². The Morgan fingerprint density at radius 1 is 0.957 bits per heavy atom. The largest absolute Gasteiger partial charge is 0.324 e. The fourth-order valence-corrected chi connectivity index (χ4v) is 3.63. The molecule has 0 aliphatic heterocycles. The van der Waals surface area contributed by atoms with Crippen LogP contribution in [0.4, 0.5) is 0 Å². The first-order valence-electron chi connectivity index (χ1n) is 8.91. The quantitative estimate of drug-likeness (QED) is 0.762. The fraction of sp³-hybridized carbons (Fsp3) is 0.455. The smallest absolute Gasteiger partial charge is 0.0338 e. The van der Waals surface area contributed by atoms with Gasteiger partial charge in [0, 0.05) is 6.04 Å². The fourth-order valence-electron chi connectivity index (χ4n) is 3.63. The molecule has 0 amide bonds. The molecule has 23 heavy (non-hydrogen) atoms. The molecule has 0 aromatic heterocycles. The average molecular weight is 309 g/mol. The minimum absolute atomic E-state index is 0.0737. The van der Waals surface area contributed by atoms with Crippen LogP contribution in [0.1, 0.15) is 65.3 Å². The molecule has 0 aliphatic carbocycles. The molecule has 0 bridgehead atoms. The van der Waals surface area contributed by atoms with E-state index in [1.807, 2.05) is 0 Å². The predicted octanol–water partition coefficient (Wildman–Crippen LogP) is 5.37. The van der Waals surface area contributed by atoms with Crippen LogP contribution in [0.25, 0.3) is 0 Å². The summed E-state index contributed by atoms with van der Waals surface area (Å²) in [6.07, 6.45) is 4.26. The maximum atomic E-state index is 6.62. The molecule has 2 N–H and O–H groups in total. The molecule has 0 heterocycles. The van der Waals surface area contributed by atoms with Crippen LogP contribution < -0.4 is 5.73 Å². The molecule has 0 aliphatic rings. The minimum Gasteiger partial charge on any atom is -0.324 e. The Hall–Kier alpha value is -1.60. The number of nitrogens with two attached hydrogens (primary N) is 1. The van der Waals surface area contributed by atoms with Gasteiger partial charge in [0.15, 0.2) is 0 Å². The van der Waals surface area contributed by atoms with E-state index in [1.54, 1.807) is 0 Å². The third-order valence-electron chi connectivity index (χ3n) is 5.15. The van der Waals surface area contributed by atoms with Crippen LogP contribution in [0.2, 0.25) is 0 Å². The van der Waals surface area contributed by atoms with Gasteiger partial charge >= 0.3 is 0 Å². The van der Waals surface area contributed by atoms with E-state index >= 15 is 0 Å². The molecular formula is C22H31N. The highest BCUT2D eigenvalue weighted by atomic mass is 14.6. The standard InChI is InChI=1S/C22H31N/c1-6-10-18-11-8-9-12-21(18)22(23)14-19-13-15(3)16(4)17(5)20(19)7-2/h8-9,11-13,22H,6-7,10,14,23H2,1-5H3. The number of benzene rings is 2. The molecule has 1 atom stereocenters. The third-order valence-corrected chi connectivity index (χ3v) is 5.15. The molecular weight excluding hydrogens is 278 g/mol. The summed E-state index contributed by atoms with van der Waals surface area (Å²) in [5.74, 6) is 0. The van der Waals surface area contributed by atoms with E-state index in [4.69, 9.17) is 5.73 Å². The number of hydrogen-bond acceptors (Lipinski definition) is 1. The van der Waals surface area contributed by atoms with Crippen LogP contribution in [0, 0.1) is 20.8 Å². The maximum absolute atomic E-state index is 6.62. The van der Waals surface area contributed by atoms with Crippen molar-refractivity contribution in [3.63, 3.8) is 0 Å². The summed E-state index contributed by atoms with van der Waals surface area (Å²) >= 11 is 0. The van der Waals surface area contributed by atoms with Crippen LogP contribution in [0.15, 0.2) is 30.3 Å². The molecule has 0 radical (unpaired) electrons. The number of aryl methyl sites for hydroxylation is 2. The van der Waals surface area contributed by atoms with Crippen molar-refractivity contribution in [2.75, 3.05) is 0 Å². The van der Waals surface area contributed by atoms with Gasteiger partial charge in [0.2, 0.25) is 0 Å². The lowest BCUT2D eigenvalue weighted by atomic mass is 9.87. The molecule has 2 aromatic rings. The van der Waals surface area contributed by atoms with E-state index < -0.39 is 0 Å². The van der Waals surface area contributed by atoms with E-state index in [0.717, 1.165) is 25.7 Å². The van der Waals surface area contributed by atoms with Crippen molar-refractivity contribution in [1.29, 1.82) is 0 Å². The van der Waals surface area contributed by atoms with Crippen LogP contribution in [-0.2, 0) is 19.3 Å². The molecule has 1 heteroatoms. The zero-order valence-corrected chi connectivity index (χ0v) is 15.4. The molecule has 1 unspecified atom stereocenters. The zero-order valence-electron chi connectivity index (χ0n) is 15.4. The zero-order chi connectivity index (χ0) is 17.0. The summed E-state index contributed by atoms with van der Waals surface area (Å²) in [4.78, 5) is 0. The lowest BCUT2D eigenvalue weighted by molar-refractivity contribution is 0.700. The predicted molar refractivity (Wildman–Crippen MR) is 101 cm³/mol. The molecule has 124 valence electrons. The average Bonchev–Trinajstić information content (AvgIpc) is 2.54. The molecule has 0 saturated carbocycles. The van der Waals surface area contributed by atoms with E-state index in [-0.39, 0.29) is 6.04 Å². The Kier molecular flexibility index (Phi) is 6.01. The molecule has 0 spiro atoms. The second kappa shape index (κ2) is 7.79. The summed E-state index contributed by atoms with van der Waals surface area (Å²) in [6.45, 7) is 11.2. The van der Waals surface area contributed by atoms with Gasteiger partial charge in [-0.3, -0.25) is 0 Å². The van der Waals surface area contributed by atoms with Gasteiger partial charge in [-0.15, -0.1) is 0 Å². The van der Waals surface area contributed by atoms with Crippen molar-refractivity contribution >= 4 is 0 Å². The van der Waals surface area contributed by atoms with E-state index in [0.29, 0.717) is 0 Å². The lowest BCUT2D eigenvalue weighted by Crippen LogP contribution is -2.17. The maximum Gasteiger partial charge on any atom is 0.0338 e. The summed E-state index contributed by atoms with van der Waals surface area (Å²) in [6, 6.07) is 11.1. The van der Waals surface area contributed by atoms with E-state index in [9.17, 15) is 0 Å². The van der Waals surface area contributed by atoms with Gasteiger partial charge in [0.05, 0.1) is 0 Å². The molecule has 0 saturated heterocycles. The first-order valence-corrected chi connectivity index (χ1v) is 8.91. The van der Waals surface area contributed by atoms with Crippen molar-refractivity contribution in [3.8, 4) is 0 Å². The summed E-state index contributed by atoms with van der Waals surface area (Å²) in [5.41, 5.74) is 16.5.